The molecule has 0 bridgehead atoms. The summed E-state index contributed by atoms with van der Waals surface area (Å²) in [6.07, 6.45) is 4.05. The molecule has 1 fully saturated rings. The van der Waals surface area contributed by atoms with Crippen LogP contribution in [0.25, 0.3) is 16.9 Å². The van der Waals surface area contributed by atoms with Crippen LogP contribution in [0.15, 0.2) is 54.9 Å². The number of hydrogen-bond donors (Lipinski definition) is 3. The van der Waals surface area contributed by atoms with Crippen molar-refractivity contribution in [2.24, 2.45) is 0 Å². The van der Waals surface area contributed by atoms with E-state index in [1.165, 1.54) is 0 Å². The van der Waals surface area contributed by atoms with Crippen LogP contribution >= 0.6 is 0 Å². The lowest BCUT2D eigenvalue weighted by Crippen LogP contribution is -2.37. The van der Waals surface area contributed by atoms with Crippen molar-refractivity contribution in [3.05, 3.63) is 60.4 Å². The lowest BCUT2D eigenvalue weighted by molar-refractivity contribution is 0.122. The number of rotatable bonds is 7. The standard InChI is InChI=1S/C23H26N8O2.3H2/c24-21-20(22-25-8-4-9-31(22)29-21)18-15-19(28-23(27-18)30-10-13-33-14-11-30)26-17(7-12-32)16-5-2-1-3-6-16;;;/h1-6,8-9,15,17,32H,7,10-14H2,(H2,24,29)(H,26,27,28);3*1H/t17-;;;/m0.../s1. The zero-order valence-corrected chi connectivity index (χ0v) is 18.1. The maximum Gasteiger partial charge on any atom is 0.228 e. The lowest BCUT2D eigenvalue weighted by atomic mass is 10.0. The third kappa shape index (κ3) is 4.43. The number of ether oxygens (including phenoxy) is 1. The number of nitrogens with zero attached hydrogens (tertiary/aromatic N) is 6. The molecule has 0 amide bonds. The van der Waals surface area contributed by atoms with Crippen LogP contribution < -0.4 is 16.0 Å². The second-order valence-electron chi connectivity index (χ2n) is 7.81. The first kappa shape index (κ1) is 21.1. The Morgan fingerprint density at radius 1 is 1.15 bits per heavy atom. The number of nitrogen functional groups attached to an aromatic ring is 1. The van der Waals surface area contributed by atoms with Crippen molar-refractivity contribution >= 4 is 23.2 Å². The van der Waals surface area contributed by atoms with Crippen LogP contribution in [0.1, 0.15) is 22.3 Å². The molecule has 33 heavy (non-hydrogen) atoms. The summed E-state index contributed by atoms with van der Waals surface area (Å²) in [5, 5.41) is 17.5. The topological polar surface area (TPSA) is 127 Å². The van der Waals surface area contributed by atoms with Crippen LogP contribution in [0, 0.1) is 0 Å². The van der Waals surface area contributed by atoms with Gasteiger partial charge in [0.15, 0.2) is 11.5 Å². The second-order valence-corrected chi connectivity index (χ2v) is 7.81. The van der Waals surface area contributed by atoms with Crippen LogP contribution in [0.2, 0.25) is 0 Å². The van der Waals surface area contributed by atoms with Gasteiger partial charge in [0.1, 0.15) is 5.82 Å². The van der Waals surface area contributed by atoms with E-state index in [1.54, 1.807) is 23.0 Å². The molecule has 10 heteroatoms. The Bertz CT molecular complexity index is 1240. The first-order valence-electron chi connectivity index (χ1n) is 11.0. The van der Waals surface area contributed by atoms with Crippen molar-refractivity contribution < 1.29 is 14.1 Å². The molecular formula is C23H32N8O2. The largest absolute Gasteiger partial charge is 0.396 e. The van der Waals surface area contributed by atoms with Crippen LogP contribution in [-0.2, 0) is 4.74 Å². The molecule has 0 saturated carbocycles. The number of morpholine rings is 1. The Labute approximate surface area is 195 Å². The van der Waals surface area contributed by atoms with E-state index in [9.17, 15) is 5.11 Å². The van der Waals surface area contributed by atoms with E-state index in [0.717, 1.165) is 5.56 Å². The normalized spacial score (nSPS) is 15.0. The summed E-state index contributed by atoms with van der Waals surface area (Å²) in [5.74, 6) is 1.57. The van der Waals surface area contributed by atoms with Gasteiger partial charge in [-0.1, -0.05) is 30.3 Å². The van der Waals surface area contributed by atoms with Crippen molar-refractivity contribution in [1.29, 1.82) is 0 Å². The zero-order valence-electron chi connectivity index (χ0n) is 18.1. The fourth-order valence-electron chi connectivity index (χ4n) is 4.01. The molecule has 0 unspecified atom stereocenters. The van der Waals surface area contributed by atoms with Crippen LogP contribution in [0.3, 0.4) is 0 Å². The average molecular weight is 453 g/mol. The summed E-state index contributed by atoms with van der Waals surface area (Å²) in [5.41, 5.74) is 9.27. The van der Waals surface area contributed by atoms with E-state index in [0.29, 0.717) is 67.2 Å². The summed E-state index contributed by atoms with van der Waals surface area (Å²) in [6.45, 7) is 2.68. The molecule has 1 aliphatic heterocycles. The molecule has 4 heterocycles. The van der Waals surface area contributed by atoms with E-state index in [1.807, 2.05) is 36.4 Å². The molecule has 3 aromatic heterocycles. The molecule has 0 aliphatic carbocycles. The molecule has 5 rings (SSSR count). The van der Waals surface area contributed by atoms with Crippen molar-refractivity contribution in [3.63, 3.8) is 0 Å². The Balaban J connectivity index is 0.00000152. The van der Waals surface area contributed by atoms with Gasteiger partial charge in [0.25, 0.3) is 0 Å². The van der Waals surface area contributed by atoms with Gasteiger partial charge >= 0.3 is 0 Å². The van der Waals surface area contributed by atoms with Gasteiger partial charge in [-0.05, 0) is 18.1 Å². The number of aliphatic hydroxyl groups is 1. The summed E-state index contributed by atoms with van der Waals surface area (Å²) in [7, 11) is 0. The van der Waals surface area contributed by atoms with Gasteiger partial charge < -0.3 is 25.8 Å². The van der Waals surface area contributed by atoms with E-state index >= 15 is 0 Å². The highest BCUT2D eigenvalue weighted by Gasteiger charge is 2.21. The number of fused-ring (bicyclic) bond motifs is 1. The molecule has 176 valence electrons. The quantitative estimate of drug-likeness (QED) is 0.388. The van der Waals surface area contributed by atoms with E-state index < -0.39 is 0 Å². The van der Waals surface area contributed by atoms with Gasteiger partial charge in [-0.25, -0.2) is 14.5 Å². The number of benzene rings is 1. The highest BCUT2D eigenvalue weighted by molar-refractivity contribution is 5.85. The fourth-order valence-corrected chi connectivity index (χ4v) is 4.01. The van der Waals surface area contributed by atoms with Crippen LogP contribution in [0.4, 0.5) is 17.6 Å². The van der Waals surface area contributed by atoms with Gasteiger partial charge in [0.05, 0.1) is 30.5 Å². The first-order chi connectivity index (χ1) is 16.2. The van der Waals surface area contributed by atoms with Gasteiger partial charge in [-0.2, -0.15) is 4.98 Å². The Morgan fingerprint density at radius 2 is 1.97 bits per heavy atom. The van der Waals surface area contributed by atoms with Crippen molar-refractivity contribution in [2.75, 3.05) is 48.9 Å². The number of nitrogens with two attached hydrogens (primary N) is 1. The molecule has 1 atom stereocenters. The highest BCUT2D eigenvalue weighted by atomic mass is 16.5. The highest BCUT2D eigenvalue weighted by Crippen LogP contribution is 2.32. The molecule has 0 radical (unpaired) electrons. The Kier molecular flexibility index (Phi) is 6.01. The van der Waals surface area contributed by atoms with Crippen LogP contribution in [0.5, 0.6) is 0 Å². The van der Waals surface area contributed by atoms with Crippen molar-refractivity contribution in [1.82, 2.24) is 24.6 Å². The molecule has 1 saturated heterocycles. The van der Waals surface area contributed by atoms with Gasteiger partial charge in [-0.3, -0.25) is 0 Å². The number of aromatic nitrogens is 5. The molecule has 1 aliphatic rings. The third-order valence-electron chi connectivity index (χ3n) is 5.63. The number of anilines is 3. The predicted octanol–water partition coefficient (Wildman–Crippen LogP) is 2.88. The van der Waals surface area contributed by atoms with Gasteiger partial charge in [-0.15, -0.1) is 5.10 Å². The summed E-state index contributed by atoms with van der Waals surface area (Å²) >= 11 is 0. The monoisotopic (exact) mass is 452 g/mol. The molecule has 4 N–H and O–H groups in total. The molecule has 10 nitrogen and oxygen atoms in total. The lowest BCUT2D eigenvalue weighted by Gasteiger charge is -2.28. The molecule has 0 spiro atoms. The van der Waals surface area contributed by atoms with Crippen LogP contribution in [-0.4, -0.2) is 62.6 Å². The summed E-state index contributed by atoms with van der Waals surface area (Å²) in [6, 6.07) is 13.6. The number of hydrogen-bond acceptors (Lipinski definition) is 9. The maximum atomic E-state index is 9.66. The number of nitrogens with one attached hydrogen (secondary N) is 1. The predicted molar refractivity (Wildman–Crippen MR) is 132 cm³/mol. The van der Waals surface area contributed by atoms with Gasteiger partial charge in [0, 0.05) is 42.4 Å². The minimum absolute atomic E-state index is 0. The third-order valence-corrected chi connectivity index (χ3v) is 5.63. The zero-order chi connectivity index (χ0) is 22.6. The average Bonchev–Trinajstić information content (AvgIpc) is 3.20. The van der Waals surface area contributed by atoms with E-state index in [4.69, 9.17) is 20.4 Å². The molecule has 4 aromatic rings. The molecular weight excluding hydrogens is 420 g/mol. The number of aliphatic hydroxyl groups excluding tert-OH is 1. The summed E-state index contributed by atoms with van der Waals surface area (Å²) < 4.78 is 7.15. The van der Waals surface area contributed by atoms with E-state index in [-0.39, 0.29) is 16.9 Å². The SMILES string of the molecule is Nc1nn2cccnc2c1-c1cc(N[C@@H](CCO)c2ccccc2)nc(N2CCOCC2)n1.[HH].[HH].[HH]. The van der Waals surface area contributed by atoms with Crippen molar-refractivity contribution in [3.8, 4) is 11.3 Å². The fraction of sp³-hybridized carbons (Fsp3) is 0.304. The molecule has 1 aromatic carbocycles. The summed E-state index contributed by atoms with van der Waals surface area (Å²) in [4.78, 5) is 16.2. The smallest absolute Gasteiger partial charge is 0.228 e. The minimum atomic E-state index is -0.115. The van der Waals surface area contributed by atoms with Gasteiger partial charge in [0.2, 0.25) is 5.95 Å². The second kappa shape index (κ2) is 9.39. The Hall–Kier alpha value is -3.76. The van der Waals surface area contributed by atoms with E-state index in [2.05, 4.69) is 20.3 Å². The van der Waals surface area contributed by atoms with Crippen molar-refractivity contribution in [2.45, 2.75) is 12.5 Å². The minimum Gasteiger partial charge on any atom is -0.396 e. The Morgan fingerprint density at radius 3 is 2.76 bits per heavy atom. The maximum absolute atomic E-state index is 9.66. The first-order valence-corrected chi connectivity index (χ1v) is 11.0.